The summed E-state index contributed by atoms with van der Waals surface area (Å²) in [5.41, 5.74) is 3.63. The quantitative estimate of drug-likeness (QED) is 0.867. The second-order valence-corrected chi connectivity index (χ2v) is 8.05. The highest BCUT2D eigenvalue weighted by molar-refractivity contribution is 7.94. The predicted octanol–water partition coefficient (Wildman–Crippen LogP) is 1.16. The highest BCUT2D eigenvalue weighted by Crippen LogP contribution is 2.37. The van der Waals surface area contributed by atoms with Gasteiger partial charge in [0.05, 0.1) is 17.7 Å². The van der Waals surface area contributed by atoms with Crippen molar-refractivity contribution in [1.82, 2.24) is 5.32 Å². The van der Waals surface area contributed by atoms with Crippen molar-refractivity contribution in [2.24, 2.45) is 0 Å². The van der Waals surface area contributed by atoms with Crippen LogP contribution in [0.2, 0.25) is 0 Å². The zero-order valence-corrected chi connectivity index (χ0v) is 13.7. The van der Waals surface area contributed by atoms with Crippen LogP contribution in [-0.2, 0) is 19.4 Å². The summed E-state index contributed by atoms with van der Waals surface area (Å²) in [7, 11) is -3.21. The van der Waals surface area contributed by atoms with Crippen molar-refractivity contribution in [1.29, 1.82) is 0 Å². The minimum absolute atomic E-state index is 0.00707. The number of benzene rings is 1. The first-order valence-corrected chi connectivity index (χ1v) is 9.09. The van der Waals surface area contributed by atoms with E-state index >= 15 is 0 Å². The molecule has 1 aromatic carbocycles. The topological polar surface area (TPSA) is 92.3 Å². The Morgan fingerprint density at radius 1 is 1.35 bits per heavy atom. The highest BCUT2D eigenvalue weighted by Gasteiger charge is 2.34. The van der Waals surface area contributed by atoms with Crippen LogP contribution in [0.25, 0.3) is 0 Å². The van der Waals surface area contributed by atoms with E-state index in [2.05, 4.69) is 10.6 Å². The number of hydrogen-bond donors (Lipinski definition) is 2. The summed E-state index contributed by atoms with van der Waals surface area (Å²) in [5, 5.41) is 6.58. The third-order valence-electron chi connectivity index (χ3n) is 4.12. The maximum Gasteiger partial charge on any atom is 0.232 e. The third kappa shape index (κ3) is 3.14. The van der Waals surface area contributed by atoms with Gasteiger partial charge < -0.3 is 10.6 Å². The number of anilines is 1. The fourth-order valence-corrected chi connectivity index (χ4v) is 4.44. The number of aryl methyl sites for hydroxylation is 2. The lowest BCUT2D eigenvalue weighted by Gasteiger charge is -2.14. The summed E-state index contributed by atoms with van der Waals surface area (Å²) >= 11 is 0. The monoisotopic (exact) mass is 334 g/mol. The second kappa shape index (κ2) is 5.49. The minimum Gasteiger partial charge on any atom is -0.349 e. The first kappa shape index (κ1) is 15.7. The Labute approximate surface area is 134 Å². The van der Waals surface area contributed by atoms with Crippen LogP contribution in [0, 0.1) is 13.8 Å². The zero-order chi connectivity index (χ0) is 16.8. The Hall–Kier alpha value is -2.15. The summed E-state index contributed by atoms with van der Waals surface area (Å²) in [6.45, 7) is 3.87. The molecule has 23 heavy (non-hydrogen) atoms. The first-order chi connectivity index (χ1) is 10.7. The number of nitrogens with one attached hydrogen (secondary N) is 2. The van der Waals surface area contributed by atoms with Crippen molar-refractivity contribution in [3.8, 4) is 0 Å². The SMILES string of the molecule is Cc1cc(C)c2c(c1)NC(=O)C2CC(=O)NC1C=CS(=O)(=O)C1. The lowest BCUT2D eigenvalue weighted by atomic mass is 9.92. The molecule has 2 N–H and O–H groups in total. The molecule has 2 unspecified atom stereocenters. The average molecular weight is 334 g/mol. The van der Waals surface area contributed by atoms with E-state index in [1.54, 1.807) is 0 Å². The van der Waals surface area contributed by atoms with E-state index in [9.17, 15) is 18.0 Å². The van der Waals surface area contributed by atoms with Gasteiger partial charge in [0.1, 0.15) is 0 Å². The van der Waals surface area contributed by atoms with Crippen molar-refractivity contribution in [2.45, 2.75) is 32.2 Å². The Morgan fingerprint density at radius 3 is 2.74 bits per heavy atom. The fraction of sp³-hybridized carbons (Fsp3) is 0.375. The molecule has 0 aromatic heterocycles. The maximum atomic E-state index is 12.2. The molecule has 0 aliphatic carbocycles. The summed E-state index contributed by atoms with van der Waals surface area (Å²) in [4.78, 5) is 24.3. The van der Waals surface area contributed by atoms with E-state index in [0.717, 1.165) is 27.8 Å². The molecule has 2 atom stereocenters. The van der Waals surface area contributed by atoms with Gasteiger partial charge in [0.25, 0.3) is 0 Å². The number of rotatable bonds is 3. The van der Waals surface area contributed by atoms with Gasteiger partial charge in [-0.3, -0.25) is 9.59 Å². The van der Waals surface area contributed by atoms with Gasteiger partial charge in [-0.15, -0.1) is 0 Å². The molecule has 0 saturated carbocycles. The summed E-state index contributed by atoms with van der Waals surface area (Å²) in [6, 6.07) is 3.36. The third-order valence-corrected chi connectivity index (χ3v) is 5.52. The smallest absolute Gasteiger partial charge is 0.232 e. The maximum absolute atomic E-state index is 12.2. The van der Waals surface area contributed by atoms with Gasteiger partial charge in [-0.25, -0.2) is 8.42 Å². The van der Waals surface area contributed by atoms with Crippen molar-refractivity contribution < 1.29 is 18.0 Å². The molecule has 3 rings (SSSR count). The molecular formula is C16H18N2O4S. The van der Waals surface area contributed by atoms with Gasteiger partial charge in [0.15, 0.2) is 9.84 Å². The number of carbonyl (C=O) groups is 2. The molecule has 2 aliphatic rings. The van der Waals surface area contributed by atoms with Crippen molar-refractivity contribution >= 4 is 27.3 Å². The molecule has 0 fully saturated rings. The van der Waals surface area contributed by atoms with Crippen LogP contribution in [0.5, 0.6) is 0 Å². The number of sulfone groups is 1. The fourth-order valence-electron chi connectivity index (χ4n) is 3.21. The lowest BCUT2D eigenvalue weighted by molar-refractivity contribution is -0.125. The van der Waals surface area contributed by atoms with Crippen LogP contribution in [0.3, 0.4) is 0 Å². The van der Waals surface area contributed by atoms with Crippen LogP contribution >= 0.6 is 0 Å². The van der Waals surface area contributed by atoms with Gasteiger partial charge in [-0.05, 0) is 42.7 Å². The Morgan fingerprint density at radius 2 is 2.09 bits per heavy atom. The van der Waals surface area contributed by atoms with E-state index in [1.165, 1.54) is 6.08 Å². The first-order valence-electron chi connectivity index (χ1n) is 7.37. The minimum atomic E-state index is -3.21. The average Bonchev–Trinajstić information content (AvgIpc) is 2.90. The van der Waals surface area contributed by atoms with Gasteiger partial charge in [-0.2, -0.15) is 0 Å². The number of carbonyl (C=O) groups excluding carboxylic acids is 2. The molecule has 0 bridgehead atoms. The molecule has 2 heterocycles. The summed E-state index contributed by atoms with van der Waals surface area (Å²) in [5.74, 6) is -1.18. The molecule has 7 heteroatoms. The van der Waals surface area contributed by atoms with Crippen molar-refractivity contribution in [3.63, 3.8) is 0 Å². The number of hydrogen-bond acceptors (Lipinski definition) is 4. The predicted molar refractivity (Wildman–Crippen MR) is 86.8 cm³/mol. The molecule has 6 nitrogen and oxygen atoms in total. The van der Waals surface area contributed by atoms with E-state index in [4.69, 9.17) is 0 Å². The van der Waals surface area contributed by atoms with Crippen LogP contribution in [-0.4, -0.2) is 32.0 Å². The zero-order valence-electron chi connectivity index (χ0n) is 12.9. The molecule has 0 saturated heterocycles. The molecule has 0 spiro atoms. The Bertz CT molecular complexity index is 827. The van der Waals surface area contributed by atoms with Crippen LogP contribution in [0.4, 0.5) is 5.69 Å². The molecule has 122 valence electrons. The largest absolute Gasteiger partial charge is 0.349 e. The van der Waals surface area contributed by atoms with Gasteiger partial charge in [0, 0.05) is 17.5 Å². The Balaban J connectivity index is 1.73. The summed E-state index contributed by atoms with van der Waals surface area (Å²) < 4.78 is 22.7. The van der Waals surface area contributed by atoms with Crippen LogP contribution < -0.4 is 10.6 Å². The lowest BCUT2D eigenvalue weighted by Crippen LogP contribution is -2.36. The van der Waals surface area contributed by atoms with Gasteiger partial charge in [0.2, 0.25) is 11.8 Å². The molecule has 2 amide bonds. The Kier molecular flexibility index (Phi) is 3.75. The second-order valence-electron chi connectivity index (χ2n) is 6.12. The van der Waals surface area contributed by atoms with Gasteiger partial charge >= 0.3 is 0 Å². The molecule has 0 radical (unpaired) electrons. The van der Waals surface area contributed by atoms with Crippen LogP contribution in [0.15, 0.2) is 23.6 Å². The van der Waals surface area contributed by atoms with Crippen molar-refractivity contribution in [3.05, 3.63) is 40.3 Å². The van der Waals surface area contributed by atoms with Crippen LogP contribution in [0.1, 0.15) is 29.0 Å². The normalized spacial score (nSPS) is 24.3. The standard InChI is InChI=1S/C16H18N2O4S/c1-9-5-10(2)15-12(16(20)18-13(15)6-9)7-14(19)17-11-3-4-23(21,22)8-11/h3-6,11-12H,7-8H2,1-2H3,(H,17,19)(H,18,20). The molecule has 1 aromatic rings. The molecule has 2 aliphatic heterocycles. The molecular weight excluding hydrogens is 316 g/mol. The van der Waals surface area contributed by atoms with Crippen molar-refractivity contribution in [2.75, 3.05) is 11.1 Å². The van der Waals surface area contributed by atoms with E-state index in [-0.39, 0.29) is 24.0 Å². The van der Waals surface area contributed by atoms with E-state index in [0.29, 0.717) is 0 Å². The summed E-state index contributed by atoms with van der Waals surface area (Å²) in [6.07, 6.45) is 1.47. The van der Waals surface area contributed by atoms with E-state index in [1.807, 2.05) is 26.0 Å². The van der Waals surface area contributed by atoms with E-state index < -0.39 is 21.8 Å². The van der Waals surface area contributed by atoms with Gasteiger partial charge in [-0.1, -0.05) is 6.07 Å². The number of fused-ring (bicyclic) bond motifs is 1. The number of amides is 2. The highest BCUT2D eigenvalue weighted by atomic mass is 32.2.